The molecule has 0 unspecified atom stereocenters. The number of benzene rings is 1. The summed E-state index contributed by atoms with van der Waals surface area (Å²) in [5, 5.41) is 9.43. The van der Waals surface area contributed by atoms with Crippen LogP contribution in [0.15, 0.2) is 12.1 Å². The Kier molecular flexibility index (Phi) is 3.25. The molecule has 0 fully saturated rings. The molecule has 0 bridgehead atoms. The van der Waals surface area contributed by atoms with E-state index in [1.165, 1.54) is 6.07 Å². The van der Waals surface area contributed by atoms with Crippen molar-refractivity contribution in [1.29, 1.82) is 0 Å². The molecule has 0 amide bonds. The van der Waals surface area contributed by atoms with Crippen molar-refractivity contribution >= 4 is 27.5 Å². The minimum absolute atomic E-state index is 0.00763. The van der Waals surface area contributed by atoms with Crippen molar-refractivity contribution in [2.75, 3.05) is 0 Å². The predicted molar refractivity (Wildman–Crippen MR) is 65.7 cm³/mol. The maximum absolute atomic E-state index is 12.9. The average Bonchev–Trinajstić information content (AvgIpc) is 2.69. The number of nitrogens with zero attached hydrogens (tertiary/aromatic N) is 1. The first kappa shape index (κ1) is 13.8. The summed E-state index contributed by atoms with van der Waals surface area (Å²) in [5.74, 6) is -1.39. The van der Waals surface area contributed by atoms with Crippen LogP contribution in [0.1, 0.15) is 40.7 Å². The molecule has 1 heterocycles. The number of aromatic nitrogens is 1. The maximum Gasteiger partial charge on any atom is 0.418 e. The first-order chi connectivity index (χ1) is 8.70. The second-order valence-electron chi connectivity index (χ2n) is 4.38. The van der Waals surface area contributed by atoms with Crippen molar-refractivity contribution in [3.63, 3.8) is 0 Å². The van der Waals surface area contributed by atoms with Crippen LogP contribution in [0.5, 0.6) is 0 Å². The maximum atomic E-state index is 12.9. The number of rotatable bonds is 2. The molecule has 1 aromatic heterocycles. The third-order valence-electron chi connectivity index (χ3n) is 2.56. The zero-order valence-corrected chi connectivity index (χ0v) is 10.9. The van der Waals surface area contributed by atoms with Crippen LogP contribution in [0.4, 0.5) is 13.2 Å². The van der Waals surface area contributed by atoms with Crippen LogP contribution in [0.3, 0.4) is 0 Å². The van der Waals surface area contributed by atoms with Crippen molar-refractivity contribution in [3.8, 4) is 0 Å². The molecule has 0 spiro atoms. The summed E-state index contributed by atoms with van der Waals surface area (Å²) in [5.41, 5.74) is -1.55. The third-order valence-corrected chi connectivity index (χ3v) is 3.86. The molecule has 0 aliphatic heterocycles. The predicted octanol–water partition coefficient (Wildman–Crippen LogP) is 4.14. The highest BCUT2D eigenvalue weighted by atomic mass is 32.1. The van der Waals surface area contributed by atoms with Gasteiger partial charge in [-0.2, -0.15) is 13.2 Å². The van der Waals surface area contributed by atoms with Gasteiger partial charge in [-0.3, -0.25) is 0 Å². The highest BCUT2D eigenvalue weighted by Gasteiger charge is 2.35. The summed E-state index contributed by atoms with van der Waals surface area (Å²) >= 11 is 1.09. The van der Waals surface area contributed by atoms with E-state index in [0.717, 1.165) is 11.3 Å². The van der Waals surface area contributed by atoms with E-state index in [9.17, 15) is 18.0 Å². The molecule has 3 nitrogen and oxygen atoms in total. The SMILES string of the molecule is CC(C)c1nc2c(C(F)(F)F)cc(C(=O)O)cc2s1. The summed E-state index contributed by atoms with van der Waals surface area (Å²) < 4.78 is 39.1. The van der Waals surface area contributed by atoms with Crippen molar-refractivity contribution in [2.45, 2.75) is 25.9 Å². The van der Waals surface area contributed by atoms with Crippen LogP contribution in [0.2, 0.25) is 0 Å². The molecule has 2 rings (SSSR count). The van der Waals surface area contributed by atoms with E-state index in [2.05, 4.69) is 4.98 Å². The van der Waals surface area contributed by atoms with E-state index in [1.54, 1.807) is 0 Å². The van der Waals surface area contributed by atoms with E-state index in [-0.39, 0.29) is 21.7 Å². The first-order valence-electron chi connectivity index (χ1n) is 5.45. The smallest absolute Gasteiger partial charge is 0.418 e. The highest BCUT2D eigenvalue weighted by Crippen LogP contribution is 2.38. The van der Waals surface area contributed by atoms with Crippen LogP contribution >= 0.6 is 11.3 Å². The van der Waals surface area contributed by atoms with Crippen LogP contribution in [-0.2, 0) is 6.18 Å². The molecule has 102 valence electrons. The standard InChI is InChI=1S/C12H10F3NO2S/c1-5(2)10-16-9-7(12(13,14)15)3-6(11(17)18)4-8(9)19-10/h3-5H,1-2H3,(H,17,18). The van der Waals surface area contributed by atoms with Crippen LogP contribution in [0, 0.1) is 0 Å². The number of carboxylic acids is 1. The number of halogens is 3. The van der Waals surface area contributed by atoms with Crippen molar-refractivity contribution in [1.82, 2.24) is 4.98 Å². The van der Waals surface area contributed by atoms with Crippen molar-refractivity contribution < 1.29 is 23.1 Å². The minimum Gasteiger partial charge on any atom is -0.478 e. The third kappa shape index (κ3) is 2.56. The number of thiazole rings is 1. The first-order valence-corrected chi connectivity index (χ1v) is 6.26. The molecule has 1 aromatic carbocycles. The van der Waals surface area contributed by atoms with Gasteiger partial charge in [-0.25, -0.2) is 9.78 Å². The molecule has 1 N–H and O–H groups in total. The van der Waals surface area contributed by atoms with Gasteiger partial charge in [0.25, 0.3) is 0 Å². The summed E-state index contributed by atoms with van der Waals surface area (Å²) in [4.78, 5) is 14.9. The lowest BCUT2D eigenvalue weighted by atomic mass is 10.1. The zero-order valence-electron chi connectivity index (χ0n) is 10.1. The van der Waals surface area contributed by atoms with Gasteiger partial charge >= 0.3 is 12.1 Å². The lowest BCUT2D eigenvalue weighted by molar-refractivity contribution is -0.136. The highest BCUT2D eigenvalue weighted by molar-refractivity contribution is 7.18. The fourth-order valence-electron chi connectivity index (χ4n) is 1.63. The van der Waals surface area contributed by atoms with Gasteiger partial charge in [-0.05, 0) is 12.1 Å². The fourth-order valence-corrected chi connectivity index (χ4v) is 2.67. The Hall–Kier alpha value is -1.63. The van der Waals surface area contributed by atoms with Gasteiger partial charge in [0.1, 0.15) is 0 Å². The van der Waals surface area contributed by atoms with E-state index < -0.39 is 17.7 Å². The Morgan fingerprint density at radius 2 is 2.00 bits per heavy atom. The fraction of sp³-hybridized carbons (Fsp3) is 0.333. The lowest BCUT2D eigenvalue weighted by Crippen LogP contribution is -2.08. The molecule has 0 aliphatic rings. The van der Waals surface area contributed by atoms with Crippen LogP contribution in [0.25, 0.3) is 10.2 Å². The average molecular weight is 289 g/mol. The van der Waals surface area contributed by atoms with E-state index in [0.29, 0.717) is 11.1 Å². The molecule has 19 heavy (non-hydrogen) atoms. The molecular formula is C12H10F3NO2S. The van der Waals surface area contributed by atoms with Gasteiger partial charge in [0.15, 0.2) is 0 Å². The van der Waals surface area contributed by atoms with E-state index in [1.807, 2.05) is 13.8 Å². The Morgan fingerprint density at radius 3 is 2.47 bits per heavy atom. The number of carbonyl (C=O) groups is 1. The zero-order chi connectivity index (χ0) is 14.4. The van der Waals surface area contributed by atoms with Crippen LogP contribution in [-0.4, -0.2) is 16.1 Å². The number of carboxylic acid groups (broad SMARTS) is 1. The number of fused-ring (bicyclic) bond motifs is 1. The summed E-state index contributed by atoms with van der Waals surface area (Å²) in [6.45, 7) is 3.65. The lowest BCUT2D eigenvalue weighted by Gasteiger charge is -2.08. The molecular weight excluding hydrogens is 279 g/mol. The molecule has 0 aliphatic carbocycles. The second kappa shape index (κ2) is 4.48. The topological polar surface area (TPSA) is 50.2 Å². The Labute approximate surface area is 110 Å². The number of hydrogen-bond donors (Lipinski definition) is 1. The van der Waals surface area contributed by atoms with Gasteiger partial charge in [-0.1, -0.05) is 13.8 Å². The largest absolute Gasteiger partial charge is 0.478 e. The Morgan fingerprint density at radius 1 is 1.37 bits per heavy atom. The molecule has 0 saturated carbocycles. The molecule has 0 radical (unpaired) electrons. The van der Waals surface area contributed by atoms with Gasteiger partial charge in [0, 0.05) is 5.92 Å². The number of alkyl halides is 3. The molecule has 0 saturated heterocycles. The molecule has 2 aromatic rings. The Bertz CT molecular complexity index is 646. The second-order valence-corrected chi connectivity index (χ2v) is 5.44. The van der Waals surface area contributed by atoms with Gasteiger partial charge in [-0.15, -0.1) is 11.3 Å². The van der Waals surface area contributed by atoms with Crippen LogP contribution < -0.4 is 0 Å². The Balaban J connectivity index is 2.79. The molecule has 7 heteroatoms. The minimum atomic E-state index is -4.62. The normalized spacial score (nSPS) is 12.3. The monoisotopic (exact) mass is 289 g/mol. The van der Waals surface area contributed by atoms with E-state index >= 15 is 0 Å². The molecule has 0 atom stereocenters. The van der Waals surface area contributed by atoms with Gasteiger partial charge in [0.05, 0.1) is 26.4 Å². The summed E-state index contributed by atoms with van der Waals surface area (Å²) in [7, 11) is 0. The van der Waals surface area contributed by atoms with Gasteiger partial charge in [0.2, 0.25) is 0 Å². The van der Waals surface area contributed by atoms with E-state index in [4.69, 9.17) is 5.11 Å². The quantitative estimate of drug-likeness (QED) is 0.904. The number of hydrogen-bond acceptors (Lipinski definition) is 3. The van der Waals surface area contributed by atoms with Crippen molar-refractivity contribution in [2.24, 2.45) is 0 Å². The number of aromatic carboxylic acids is 1. The summed E-state index contributed by atoms with van der Waals surface area (Å²) in [6.07, 6.45) is -4.62. The summed E-state index contributed by atoms with van der Waals surface area (Å²) in [6, 6.07) is 1.87. The van der Waals surface area contributed by atoms with Crippen molar-refractivity contribution in [3.05, 3.63) is 28.3 Å². The van der Waals surface area contributed by atoms with Gasteiger partial charge < -0.3 is 5.11 Å².